The maximum Gasteiger partial charge on any atom is 0.297 e. The van der Waals surface area contributed by atoms with E-state index in [1.807, 2.05) is 18.9 Å². The third-order valence-electron chi connectivity index (χ3n) is 1.54. The molecule has 0 aromatic carbocycles. The fourth-order valence-corrected chi connectivity index (χ4v) is 1.02. The van der Waals surface area contributed by atoms with Crippen LogP contribution in [0.4, 0.5) is 6.01 Å². The van der Waals surface area contributed by atoms with Crippen LogP contribution in [0.5, 0.6) is 0 Å². The molecule has 0 fully saturated rings. The molecule has 0 aliphatic rings. The molecule has 0 bridgehead atoms. The Bertz CT molecular complexity index is 294. The molecule has 0 radical (unpaired) electrons. The number of hydrogen-bond acceptors (Lipinski definition) is 4. The first-order valence-corrected chi connectivity index (χ1v) is 4.04. The van der Waals surface area contributed by atoms with Crippen LogP contribution in [-0.2, 0) is 6.61 Å². The number of hydrogen-bond donors (Lipinski definition) is 1. The molecular formula is C9H14N2O2. The van der Waals surface area contributed by atoms with Gasteiger partial charge in [0.2, 0.25) is 0 Å². The van der Waals surface area contributed by atoms with E-state index in [4.69, 9.17) is 9.52 Å². The first kappa shape index (κ1) is 9.80. The summed E-state index contributed by atoms with van der Waals surface area (Å²) in [5.41, 5.74) is 1.58. The van der Waals surface area contributed by atoms with Gasteiger partial charge in [0, 0.05) is 13.6 Å². The van der Waals surface area contributed by atoms with Gasteiger partial charge >= 0.3 is 0 Å². The Labute approximate surface area is 77.5 Å². The van der Waals surface area contributed by atoms with Crippen LogP contribution >= 0.6 is 0 Å². The maximum absolute atomic E-state index is 8.76. The molecule has 0 aliphatic heterocycles. The second-order valence-electron chi connectivity index (χ2n) is 3.09. The highest BCUT2D eigenvalue weighted by molar-refractivity contribution is 5.27. The van der Waals surface area contributed by atoms with Gasteiger partial charge in [-0.25, -0.2) is 0 Å². The van der Waals surface area contributed by atoms with E-state index in [2.05, 4.69) is 11.6 Å². The maximum atomic E-state index is 8.76. The molecule has 0 atom stereocenters. The van der Waals surface area contributed by atoms with Gasteiger partial charge in [-0.1, -0.05) is 12.2 Å². The van der Waals surface area contributed by atoms with Crippen molar-refractivity contribution in [3.63, 3.8) is 0 Å². The Morgan fingerprint density at radius 2 is 2.46 bits per heavy atom. The van der Waals surface area contributed by atoms with E-state index >= 15 is 0 Å². The van der Waals surface area contributed by atoms with Gasteiger partial charge in [0.15, 0.2) is 0 Å². The molecule has 0 saturated heterocycles. The second kappa shape index (κ2) is 4.09. The Balaban J connectivity index is 2.65. The lowest BCUT2D eigenvalue weighted by atomic mass is 10.3. The summed E-state index contributed by atoms with van der Waals surface area (Å²) < 4.78 is 5.13. The number of oxazole rings is 1. The second-order valence-corrected chi connectivity index (χ2v) is 3.09. The first-order chi connectivity index (χ1) is 6.13. The molecule has 0 amide bonds. The van der Waals surface area contributed by atoms with Gasteiger partial charge in [-0.3, -0.25) is 0 Å². The minimum absolute atomic E-state index is 0.0928. The van der Waals surface area contributed by atoms with Gasteiger partial charge in [-0.05, 0) is 6.92 Å². The molecule has 1 rings (SSSR count). The molecule has 0 spiro atoms. The van der Waals surface area contributed by atoms with Gasteiger partial charge in [-0.15, -0.1) is 0 Å². The summed E-state index contributed by atoms with van der Waals surface area (Å²) in [6.07, 6.45) is 1.45. The van der Waals surface area contributed by atoms with Crippen molar-refractivity contribution in [3.8, 4) is 0 Å². The summed E-state index contributed by atoms with van der Waals surface area (Å²) >= 11 is 0. The summed E-state index contributed by atoms with van der Waals surface area (Å²) in [7, 11) is 1.86. The van der Waals surface area contributed by atoms with Gasteiger partial charge in [0.25, 0.3) is 6.01 Å². The lowest BCUT2D eigenvalue weighted by molar-refractivity contribution is 0.276. The quantitative estimate of drug-likeness (QED) is 0.710. The molecule has 0 saturated carbocycles. The summed E-state index contributed by atoms with van der Waals surface area (Å²) in [5, 5.41) is 8.76. The molecule has 4 heteroatoms. The topological polar surface area (TPSA) is 49.5 Å². The number of aliphatic hydroxyl groups excluding tert-OH is 1. The van der Waals surface area contributed by atoms with Crippen molar-refractivity contribution in [2.24, 2.45) is 0 Å². The lowest BCUT2D eigenvalue weighted by Crippen LogP contribution is -2.19. The van der Waals surface area contributed by atoms with Crippen LogP contribution in [0.3, 0.4) is 0 Å². The van der Waals surface area contributed by atoms with Gasteiger partial charge in [0.05, 0.1) is 6.61 Å². The van der Waals surface area contributed by atoms with Crippen LogP contribution in [0.2, 0.25) is 0 Å². The highest BCUT2D eigenvalue weighted by Gasteiger charge is 2.07. The Morgan fingerprint density at radius 3 is 2.92 bits per heavy atom. The van der Waals surface area contributed by atoms with Crippen molar-refractivity contribution >= 4 is 6.01 Å². The predicted octanol–water partition coefficient (Wildman–Crippen LogP) is 1.18. The summed E-state index contributed by atoms with van der Waals surface area (Å²) in [6, 6.07) is 0.507. The van der Waals surface area contributed by atoms with Crippen LogP contribution in [-0.4, -0.2) is 23.7 Å². The Kier molecular flexibility index (Phi) is 3.08. The SMILES string of the molecule is C=C(C)CN(C)c1nc(CO)co1. The van der Waals surface area contributed by atoms with E-state index in [0.29, 0.717) is 18.3 Å². The van der Waals surface area contributed by atoms with Gasteiger partial charge < -0.3 is 14.4 Å². The standard InChI is InChI=1S/C9H14N2O2/c1-7(2)4-11(3)9-10-8(5-12)6-13-9/h6,12H,1,4-5H2,2-3H3. The fraction of sp³-hybridized carbons (Fsp3) is 0.444. The van der Waals surface area contributed by atoms with Crippen molar-refractivity contribution in [1.29, 1.82) is 0 Å². The van der Waals surface area contributed by atoms with E-state index in [0.717, 1.165) is 5.57 Å². The van der Waals surface area contributed by atoms with Crippen molar-refractivity contribution in [3.05, 3.63) is 24.1 Å². The molecule has 1 heterocycles. The minimum Gasteiger partial charge on any atom is -0.432 e. The zero-order valence-electron chi connectivity index (χ0n) is 7.95. The van der Waals surface area contributed by atoms with Crippen LogP contribution in [0.15, 0.2) is 22.8 Å². The molecule has 1 aromatic rings. The number of nitrogens with zero attached hydrogens (tertiary/aromatic N) is 2. The van der Waals surface area contributed by atoms with Gasteiger partial charge in [0.1, 0.15) is 12.0 Å². The Morgan fingerprint density at radius 1 is 1.77 bits per heavy atom. The molecule has 13 heavy (non-hydrogen) atoms. The van der Waals surface area contributed by atoms with Gasteiger partial charge in [-0.2, -0.15) is 4.98 Å². The first-order valence-electron chi connectivity index (χ1n) is 4.04. The average molecular weight is 182 g/mol. The summed E-state index contributed by atoms with van der Waals surface area (Å²) in [6.45, 7) is 6.33. The van der Waals surface area contributed by atoms with Crippen LogP contribution < -0.4 is 4.90 Å². The van der Waals surface area contributed by atoms with Crippen molar-refractivity contribution in [2.45, 2.75) is 13.5 Å². The zero-order chi connectivity index (χ0) is 9.84. The van der Waals surface area contributed by atoms with E-state index in [1.165, 1.54) is 6.26 Å². The number of likely N-dealkylation sites (N-methyl/N-ethyl adjacent to an activating group) is 1. The average Bonchev–Trinajstić information content (AvgIpc) is 2.50. The predicted molar refractivity (Wildman–Crippen MR) is 50.5 cm³/mol. The third-order valence-corrected chi connectivity index (χ3v) is 1.54. The highest BCUT2D eigenvalue weighted by Crippen LogP contribution is 2.12. The Hall–Kier alpha value is -1.29. The van der Waals surface area contributed by atoms with E-state index in [9.17, 15) is 0 Å². The van der Waals surface area contributed by atoms with Crippen molar-refractivity contribution < 1.29 is 9.52 Å². The van der Waals surface area contributed by atoms with Crippen molar-refractivity contribution in [2.75, 3.05) is 18.5 Å². The number of aromatic nitrogens is 1. The normalized spacial score (nSPS) is 10.1. The molecular weight excluding hydrogens is 168 g/mol. The molecule has 0 aliphatic carbocycles. The molecule has 1 N–H and O–H groups in total. The fourth-order valence-electron chi connectivity index (χ4n) is 1.02. The number of aliphatic hydroxyl groups is 1. The smallest absolute Gasteiger partial charge is 0.297 e. The molecule has 0 unspecified atom stereocenters. The van der Waals surface area contributed by atoms with E-state index in [1.54, 1.807) is 0 Å². The lowest BCUT2D eigenvalue weighted by Gasteiger charge is -2.13. The molecule has 4 nitrogen and oxygen atoms in total. The van der Waals surface area contributed by atoms with Crippen molar-refractivity contribution in [1.82, 2.24) is 4.98 Å². The largest absolute Gasteiger partial charge is 0.432 e. The van der Waals surface area contributed by atoms with E-state index in [-0.39, 0.29) is 6.61 Å². The summed E-state index contributed by atoms with van der Waals surface area (Å²) in [4.78, 5) is 5.88. The minimum atomic E-state index is -0.0928. The number of anilines is 1. The number of rotatable bonds is 4. The summed E-state index contributed by atoms with van der Waals surface area (Å²) in [5.74, 6) is 0. The van der Waals surface area contributed by atoms with E-state index < -0.39 is 0 Å². The molecule has 1 aromatic heterocycles. The third kappa shape index (κ3) is 2.59. The molecule has 72 valence electrons. The highest BCUT2D eigenvalue weighted by atomic mass is 16.4. The zero-order valence-corrected chi connectivity index (χ0v) is 7.95. The monoisotopic (exact) mass is 182 g/mol. The van der Waals surface area contributed by atoms with Crippen LogP contribution in [0.25, 0.3) is 0 Å². The van der Waals surface area contributed by atoms with Crippen LogP contribution in [0, 0.1) is 0 Å². The van der Waals surface area contributed by atoms with Crippen LogP contribution in [0.1, 0.15) is 12.6 Å².